The van der Waals surface area contributed by atoms with E-state index in [0.29, 0.717) is 12.4 Å². The normalized spacial score (nSPS) is 10.8. The molecule has 5 nitrogen and oxygen atoms in total. The number of benzene rings is 1. The number of aromatic nitrogens is 3. The van der Waals surface area contributed by atoms with Crippen molar-refractivity contribution in [2.75, 3.05) is 5.32 Å². The molecule has 0 aliphatic carbocycles. The van der Waals surface area contributed by atoms with Crippen LogP contribution in [0.5, 0.6) is 0 Å². The number of nitrogens with one attached hydrogen (secondary N) is 1. The Balaban J connectivity index is 1.69. The molecule has 0 saturated heterocycles. The second-order valence-electron chi connectivity index (χ2n) is 4.90. The van der Waals surface area contributed by atoms with Crippen LogP contribution >= 0.6 is 0 Å². The highest BCUT2D eigenvalue weighted by Crippen LogP contribution is 2.19. The lowest BCUT2D eigenvalue weighted by molar-refractivity contribution is 0.573. The molecule has 2 heterocycles. The van der Waals surface area contributed by atoms with Crippen molar-refractivity contribution in [3.8, 4) is 11.5 Å². The highest BCUT2D eigenvalue weighted by molar-refractivity contribution is 5.53. The van der Waals surface area contributed by atoms with Gasteiger partial charge in [0, 0.05) is 18.2 Å². The molecule has 3 aromatic rings. The van der Waals surface area contributed by atoms with E-state index in [1.165, 1.54) is 5.56 Å². The molecule has 0 unspecified atom stereocenters. The summed E-state index contributed by atoms with van der Waals surface area (Å²) >= 11 is 0. The maximum Gasteiger partial charge on any atom is 0.226 e. The van der Waals surface area contributed by atoms with Gasteiger partial charge in [-0.1, -0.05) is 17.7 Å². The molecular weight excluding hydrogens is 264 g/mol. The molecule has 0 aliphatic rings. The van der Waals surface area contributed by atoms with Gasteiger partial charge in [0.05, 0.1) is 18.4 Å². The lowest BCUT2D eigenvalue weighted by Gasteiger charge is -2.05. The predicted molar refractivity (Wildman–Crippen MR) is 81.9 cm³/mol. The Morgan fingerprint density at radius 3 is 2.76 bits per heavy atom. The van der Waals surface area contributed by atoms with Gasteiger partial charge in [-0.15, -0.1) is 0 Å². The molecule has 1 aromatic carbocycles. The second-order valence-corrected chi connectivity index (χ2v) is 4.90. The molecule has 0 saturated carbocycles. The van der Waals surface area contributed by atoms with Gasteiger partial charge in [0.15, 0.2) is 0 Å². The number of rotatable bonds is 5. The minimum atomic E-state index is 0.612. The summed E-state index contributed by atoms with van der Waals surface area (Å²) in [7, 11) is 0. The van der Waals surface area contributed by atoms with Gasteiger partial charge < -0.3 is 9.73 Å². The van der Waals surface area contributed by atoms with Gasteiger partial charge in [-0.05, 0) is 26.0 Å². The maximum absolute atomic E-state index is 5.54. The first-order valence-electron chi connectivity index (χ1n) is 7.03. The molecule has 0 amide bonds. The second kappa shape index (κ2) is 5.83. The van der Waals surface area contributed by atoms with Crippen LogP contribution in [0.15, 0.2) is 47.2 Å². The molecule has 0 bridgehead atoms. The van der Waals surface area contributed by atoms with Crippen LogP contribution in [0.2, 0.25) is 0 Å². The van der Waals surface area contributed by atoms with Crippen LogP contribution in [0.4, 0.5) is 5.82 Å². The summed E-state index contributed by atoms with van der Waals surface area (Å²) < 4.78 is 7.45. The van der Waals surface area contributed by atoms with Gasteiger partial charge in [-0.3, -0.25) is 4.68 Å². The number of oxazole rings is 1. The summed E-state index contributed by atoms with van der Waals surface area (Å²) in [5.41, 5.74) is 3.08. The third kappa shape index (κ3) is 2.97. The quantitative estimate of drug-likeness (QED) is 0.778. The fourth-order valence-corrected chi connectivity index (χ4v) is 2.13. The van der Waals surface area contributed by atoms with Crippen LogP contribution in [0.25, 0.3) is 11.5 Å². The molecular formula is C16H18N4O. The van der Waals surface area contributed by atoms with E-state index in [1.807, 2.05) is 22.9 Å². The van der Waals surface area contributed by atoms with Crippen LogP contribution in [0.1, 0.15) is 18.2 Å². The zero-order valence-corrected chi connectivity index (χ0v) is 12.2. The average Bonchev–Trinajstić information content (AvgIpc) is 3.14. The molecule has 108 valence electrons. The molecule has 1 N–H and O–H groups in total. The molecule has 0 spiro atoms. The molecule has 0 atom stereocenters. The first kappa shape index (κ1) is 13.4. The minimum Gasteiger partial charge on any atom is -0.444 e. The SMILES string of the molecule is CCn1nccc1NCc1coc(-c2ccc(C)cc2)n1. The Morgan fingerprint density at radius 2 is 2.00 bits per heavy atom. The van der Waals surface area contributed by atoms with Gasteiger partial charge in [-0.25, -0.2) is 4.98 Å². The fraction of sp³-hybridized carbons (Fsp3) is 0.250. The van der Waals surface area contributed by atoms with Crippen molar-refractivity contribution in [3.05, 3.63) is 54.0 Å². The van der Waals surface area contributed by atoms with Crippen molar-refractivity contribution in [1.29, 1.82) is 0 Å². The molecule has 5 heteroatoms. The zero-order valence-electron chi connectivity index (χ0n) is 12.2. The maximum atomic E-state index is 5.54. The third-order valence-electron chi connectivity index (χ3n) is 3.32. The lowest BCUT2D eigenvalue weighted by Crippen LogP contribution is -2.06. The Labute approximate surface area is 123 Å². The monoisotopic (exact) mass is 282 g/mol. The number of nitrogens with zero attached hydrogens (tertiary/aromatic N) is 3. The summed E-state index contributed by atoms with van der Waals surface area (Å²) in [4.78, 5) is 4.51. The largest absolute Gasteiger partial charge is 0.444 e. The highest BCUT2D eigenvalue weighted by atomic mass is 16.3. The first-order chi connectivity index (χ1) is 10.3. The molecule has 3 rings (SSSR count). The number of anilines is 1. The smallest absolute Gasteiger partial charge is 0.226 e. The standard InChI is InChI=1S/C16H18N4O/c1-3-20-15(8-9-18-20)17-10-14-11-21-16(19-14)13-6-4-12(2)5-7-13/h4-9,11,17H,3,10H2,1-2H3. The summed E-state index contributed by atoms with van der Waals surface area (Å²) in [6, 6.07) is 10.1. The van der Waals surface area contributed by atoms with E-state index in [2.05, 4.69) is 41.4 Å². The van der Waals surface area contributed by atoms with Crippen molar-refractivity contribution in [3.63, 3.8) is 0 Å². The Bertz CT molecular complexity index is 712. The van der Waals surface area contributed by atoms with Crippen molar-refractivity contribution in [2.24, 2.45) is 0 Å². The van der Waals surface area contributed by atoms with Crippen LogP contribution in [0.3, 0.4) is 0 Å². The van der Waals surface area contributed by atoms with E-state index < -0.39 is 0 Å². The van der Waals surface area contributed by atoms with Gasteiger partial charge in [-0.2, -0.15) is 5.10 Å². The molecule has 21 heavy (non-hydrogen) atoms. The summed E-state index contributed by atoms with van der Waals surface area (Å²) in [5.74, 6) is 1.63. The van der Waals surface area contributed by atoms with Crippen molar-refractivity contribution >= 4 is 5.82 Å². The topological polar surface area (TPSA) is 55.9 Å². The van der Waals surface area contributed by atoms with E-state index in [-0.39, 0.29) is 0 Å². The lowest BCUT2D eigenvalue weighted by atomic mass is 10.1. The van der Waals surface area contributed by atoms with Gasteiger partial charge >= 0.3 is 0 Å². The Hall–Kier alpha value is -2.56. The van der Waals surface area contributed by atoms with Crippen LogP contribution in [0, 0.1) is 6.92 Å². The van der Waals surface area contributed by atoms with Gasteiger partial charge in [0.2, 0.25) is 5.89 Å². The van der Waals surface area contributed by atoms with Crippen LogP contribution in [-0.4, -0.2) is 14.8 Å². The third-order valence-corrected chi connectivity index (χ3v) is 3.32. The summed E-state index contributed by atoms with van der Waals surface area (Å²) in [6.07, 6.45) is 3.47. The van der Waals surface area contributed by atoms with E-state index >= 15 is 0 Å². The van der Waals surface area contributed by atoms with Crippen molar-refractivity contribution < 1.29 is 4.42 Å². The van der Waals surface area contributed by atoms with Crippen molar-refractivity contribution in [1.82, 2.24) is 14.8 Å². The van der Waals surface area contributed by atoms with E-state index in [0.717, 1.165) is 23.6 Å². The van der Waals surface area contributed by atoms with Crippen LogP contribution in [-0.2, 0) is 13.1 Å². The molecule has 0 radical (unpaired) electrons. The summed E-state index contributed by atoms with van der Waals surface area (Å²) in [5, 5.41) is 7.53. The Kier molecular flexibility index (Phi) is 3.73. The van der Waals surface area contributed by atoms with E-state index in [1.54, 1.807) is 12.5 Å². The van der Waals surface area contributed by atoms with Gasteiger partial charge in [0.25, 0.3) is 0 Å². The van der Waals surface area contributed by atoms with Gasteiger partial charge in [0.1, 0.15) is 12.1 Å². The van der Waals surface area contributed by atoms with Crippen molar-refractivity contribution in [2.45, 2.75) is 26.9 Å². The highest BCUT2D eigenvalue weighted by Gasteiger charge is 2.07. The zero-order chi connectivity index (χ0) is 14.7. The number of hydrogen-bond acceptors (Lipinski definition) is 4. The Morgan fingerprint density at radius 1 is 1.19 bits per heavy atom. The molecule has 0 aliphatic heterocycles. The molecule has 0 fully saturated rings. The fourth-order valence-electron chi connectivity index (χ4n) is 2.13. The number of hydrogen-bond donors (Lipinski definition) is 1. The summed E-state index contributed by atoms with van der Waals surface area (Å²) in [6.45, 7) is 5.57. The van der Waals surface area contributed by atoms with E-state index in [9.17, 15) is 0 Å². The van der Waals surface area contributed by atoms with E-state index in [4.69, 9.17) is 4.42 Å². The van der Waals surface area contributed by atoms with Crippen LogP contribution < -0.4 is 5.32 Å². The predicted octanol–water partition coefficient (Wildman–Crippen LogP) is 3.48. The first-order valence-corrected chi connectivity index (χ1v) is 7.03. The minimum absolute atomic E-state index is 0.612. The molecule has 2 aromatic heterocycles. The average molecular weight is 282 g/mol. The number of aryl methyl sites for hydroxylation is 2.